The Hall–Kier alpha value is -3.28. The minimum Gasteiger partial charge on any atom is -0.325 e. The zero-order valence-electron chi connectivity index (χ0n) is 12.6. The Morgan fingerprint density at radius 1 is 1.08 bits per heavy atom. The van der Waals surface area contributed by atoms with Crippen molar-refractivity contribution in [3.63, 3.8) is 0 Å². The van der Waals surface area contributed by atoms with Gasteiger partial charge in [0.25, 0.3) is 5.56 Å². The van der Waals surface area contributed by atoms with E-state index in [-0.39, 0.29) is 23.8 Å². The van der Waals surface area contributed by atoms with E-state index in [1.54, 1.807) is 36.4 Å². The number of hydrogen-bond donors (Lipinski definition) is 1. The van der Waals surface area contributed by atoms with Gasteiger partial charge in [0.2, 0.25) is 5.91 Å². The fourth-order valence-electron chi connectivity index (χ4n) is 2.20. The third kappa shape index (κ3) is 3.73. The average molecular weight is 323 g/mol. The second kappa shape index (κ2) is 6.87. The van der Waals surface area contributed by atoms with Crippen LogP contribution in [0, 0.1) is 5.82 Å². The number of hydrogen-bond acceptors (Lipinski definition) is 3. The highest BCUT2D eigenvalue weighted by Gasteiger charge is 2.07. The number of halogens is 1. The average Bonchev–Trinajstić information content (AvgIpc) is 2.58. The van der Waals surface area contributed by atoms with Crippen LogP contribution in [-0.4, -0.2) is 15.5 Å². The standard InChI is InChI=1S/C18H14FN3O2/c19-14-8-6-13(7-9-14)16-10-18(24)22(12-20-16)11-17(23)21-15-4-2-1-3-5-15/h1-10,12H,11H2,(H,21,23). The number of benzene rings is 2. The molecule has 5 nitrogen and oxygen atoms in total. The summed E-state index contributed by atoms with van der Waals surface area (Å²) in [6.07, 6.45) is 1.31. The smallest absolute Gasteiger partial charge is 0.254 e. The van der Waals surface area contributed by atoms with Gasteiger partial charge in [-0.05, 0) is 36.4 Å². The van der Waals surface area contributed by atoms with Crippen LogP contribution in [0.25, 0.3) is 11.3 Å². The first kappa shape index (κ1) is 15.6. The van der Waals surface area contributed by atoms with Crippen LogP contribution in [0.15, 0.2) is 71.8 Å². The molecule has 0 saturated heterocycles. The molecule has 0 radical (unpaired) electrons. The molecule has 0 aliphatic heterocycles. The van der Waals surface area contributed by atoms with Crippen molar-refractivity contribution < 1.29 is 9.18 Å². The van der Waals surface area contributed by atoms with Crippen molar-refractivity contribution in [1.82, 2.24) is 9.55 Å². The minimum atomic E-state index is -0.357. The number of nitrogens with zero attached hydrogens (tertiary/aromatic N) is 2. The maximum absolute atomic E-state index is 12.9. The van der Waals surface area contributed by atoms with Crippen LogP contribution in [0.1, 0.15) is 0 Å². The van der Waals surface area contributed by atoms with Crippen molar-refractivity contribution in [2.24, 2.45) is 0 Å². The van der Waals surface area contributed by atoms with Crippen molar-refractivity contribution in [3.05, 3.63) is 83.2 Å². The number of nitrogens with one attached hydrogen (secondary N) is 1. The molecule has 1 N–H and O–H groups in total. The second-order valence-corrected chi connectivity index (χ2v) is 5.16. The van der Waals surface area contributed by atoms with Gasteiger partial charge in [0.15, 0.2) is 0 Å². The fourth-order valence-corrected chi connectivity index (χ4v) is 2.20. The first-order valence-corrected chi connectivity index (χ1v) is 7.29. The van der Waals surface area contributed by atoms with Crippen molar-refractivity contribution in [3.8, 4) is 11.3 Å². The van der Waals surface area contributed by atoms with Gasteiger partial charge in [-0.3, -0.25) is 14.2 Å². The molecular formula is C18H14FN3O2. The van der Waals surface area contributed by atoms with E-state index in [2.05, 4.69) is 10.3 Å². The van der Waals surface area contributed by atoms with Crippen molar-refractivity contribution in [2.75, 3.05) is 5.32 Å². The number of para-hydroxylation sites is 1. The van der Waals surface area contributed by atoms with Crippen molar-refractivity contribution in [2.45, 2.75) is 6.54 Å². The maximum atomic E-state index is 12.9. The Balaban J connectivity index is 1.74. The summed E-state index contributed by atoms with van der Waals surface area (Å²) in [4.78, 5) is 28.3. The Labute approximate surface area is 137 Å². The highest BCUT2D eigenvalue weighted by molar-refractivity contribution is 5.90. The van der Waals surface area contributed by atoms with E-state index < -0.39 is 0 Å². The molecule has 3 aromatic rings. The molecule has 1 aromatic heterocycles. The molecule has 24 heavy (non-hydrogen) atoms. The SMILES string of the molecule is O=C(Cn1cnc(-c2ccc(F)cc2)cc1=O)Nc1ccccc1. The predicted molar refractivity (Wildman–Crippen MR) is 89.0 cm³/mol. The molecule has 1 amide bonds. The van der Waals surface area contributed by atoms with Gasteiger partial charge in [-0.2, -0.15) is 0 Å². The van der Waals surface area contributed by atoms with E-state index in [9.17, 15) is 14.0 Å². The Morgan fingerprint density at radius 2 is 1.79 bits per heavy atom. The van der Waals surface area contributed by atoms with E-state index in [1.165, 1.54) is 29.1 Å². The molecule has 1 heterocycles. The summed E-state index contributed by atoms with van der Waals surface area (Å²) >= 11 is 0. The van der Waals surface area contributed by atoms with Crippen LogP contribution in [0.4, 0.5) is 10.1 Å². The summed E-state index contributed by atoms with van der Waals surface area (Å²) in [5.41, 5.74) is 1.37. The summed E-state index contributed by atoms with van der Waals surface area (Å²) in [7, 11) is 0. The van der Waals surface area contributed by atoms with E-state index >= 15 is 0 Å². The van der Waals surface area contributed by atoms with Crippen LogP contribution in [0.2, 0.25) is 0 Å². The number of carbonyl (C=O) groups excluding carboxylic acids is 1. The number of aromatic nitrogens is 2. The number of rotatable bonds is 4. The molecule has 0 aliphatic rings. The summed E-state index contributed by atoms with van der Waals surface area (Å²) < 4.78 is 14.2. The lowest BCUT2D eigenvalue weighted by atomic mass is 10.1. The molecular weight excluding hydrogens is 309 g/mol. The minimum absolute atomic E-state index is 0.134. The number of anilines is 1. The van der Waals surface area contributed by atoms with E-state index in [1.807, 2.05) is 6.07 Å². The molecule has 0 unspecified atom stereocenters. The van der Waals surface area contributed by atoms with Crippen molar-refractivity contribution in [1.29, 1.82) is 0 Å². The zero-order valence-corrected chi connectivity index (χ0v) is 12.6. The fraction of sp³-hybridized carbons (Fsp3) is 0.0556. The van der Waals surface area contributed by atoms with Crippen LogP contribution < -0.4 is 10.9 Å². The molecule has 0 aliphatic carbocycles. The largest absolute Gasteiger partial charge is 0.325 e. The third-order valence-electron chi connectivity index (χ3n) is 3.39. The van der Waals surface area contributed by atoms with Gasteiger partial charge < -0.3 is 5.32 Å². The number of amides is 1. The van der Waals surface area contributed by atoms with E-state index in [0.717, 1.165) is 0 Å². The quantitative estimate of drug-likeness (QED) is 0.803. The lowest BCUT2D eigenvalue weighted by Gasteiger charge is -2.08. The van der Waals surface area contributed by atoms with Crippen LogP contribution in [0.5, 0.6) is 0 Å². The lowest BCUT2D eigenvalue weighted by Crippen LogP contribution is -2.27. The van der Waals surface area contributed by atoms with Gasteiger partial charge in [0, 0.05) is 17.3 Å². The molecule has 0 atom stereocenters. The Bertz CT molecular complexity index is 906. The molecule has 0 spiro atoms. The third-order valence-corrected chi connectivity index (χ3v) is 3.39. The van der Waals surface area contributed by atoms with Gasteiger partial charge in [-0.1, -0.05) is 18.2 Å². The van der Waals surface area contributed by atoms with Crippen LogP contribution >= 0.6 is 0 Å². The predicted octanol–water partition coefficient (Wildman–Crippen LogP) is 2.69. The van der Waals surface area contributed by atoms with Gasteiger partial charge in [0.1, 0.15) is 12.4 Å². The summed E-state index contributed by atoms with van der Waals surface area (Å²) in [5.74, 6) is -0.677. The summed E-state index contributed by atoms with van der Waals surface area (Å²) in [6, 6.07) is 16.0. The molecule has 0 bridgehead atoms. The summed E-state index contributed by atoms with van der Waals surface area (Å²) in [6.45, 7) is -0.134. The molecule has 6 heteroatoms. The normalized spacial score (nSPS) is 10.4. The highest BCUT2D eigenvalue weighted by Crippen LogP contribution is 2.15. The van der Waals surface area contributed by atoms with Crippen LogP contribution in [-0.2, 0) is 11.3 Å². The maximum Gasteiger partial charge on any atom is 0.254 e. The Morgan fingerprint density at radius 3 is 2.46 bits per heavy atom. The van der Waals surface area contributed by atoms with Crippen molar-refractivity contribution >= 4 is 11.6 Å². The monoisotopic (exact) mass is 323 g/mol. The van der Waals surface area contributed by atoms with Gasteiger partial charge >= 0.3 is 0 Å². The summed E-state index contributed by atoms with van der Waals surface area (Å²) in [5, 5.41) is 2.70. The van der Waals surface area contributed by atoms with Gasteiger partial charge in [-0.25, -0.2) is 9.37 Å². The van der Waals surface area contributed by atoms with Gasteiger partial charge in [0.05, 0.1) is 12.0 Å². The lowest BCUT2D eigenvalue weighted by molar-refractivity contribution is -0.116. The van der Waals surface area contributed by atoms with Crippen LogP contribution in [0.3, 0.4) is 0 Å². The molecule has 0 fully saturated rings. The number of carbonyl (C=O) groups is 1. The topological polar surface area (TPSA) is 64.0 Å². The first-order valence-electron chi connectivity index (χ1n) is 7.29. The zero-order chi connectivity index (χ0) is 16.9. The first-order chi connectivity index (χ1) is 11.6. The molecule has 0 saturated carbocycles. The van der Waals surface area contributed by atoms with Gasteiger partial charge in [-0.15, -0.1) is 0 Å². The molecule has 3 rings (SSSR count). The second-order valence-electron chi connectivity index (χ2n) is 5.16. The molecule has 120 valence electrons. The van der Waals surface area contributed by atoms with E-state index in [0.29, 0.717) is 16.9 Å². The molecule has 2 aromatic carbocycles. The highest BCUT2D eigenvalue weighted by atomic mass is 19.1. The van der Waals surface area contributed by atoms with E-state index in [4.69, 9.17) is 0 Å². The Kier molecular flexibility index (Phi) is 4.47.